The number of aliphatic carboxylic acids is 1. The predicted molar refractivity (Wildman–Crippen MR) is 89.0 cm³/mol. The Hall–Kier alpha value is -2.37. The Balaban J connectivity index is 2.76. The number of carboxylic acids is 1. The van der Waals surface area contributed by atoms with Crippen LogP contribution < -0.4 is 5.32 Å². The third kappa shape index (κ3) is 5.73. The third-order valence-electron chi connectivity index (χ3n) is 3.66. The lowest BCUT2D eigenvalue weighted by Gasteiger charge is -2.22. The number of anilines is 1. The van der Waals surface area contributed by atoms with Gasteiger partial charge >= 0.3 is 5.97 Å². The number of nitrogens with zero attached hydrogens (tertiary/aromatic N) is 1. The lowest BCUT2D eigenvalue weighted by atomic mass is 9.87. The summed E-state index contributed by atoms with van der Waals surface area (Å²) >= 11 is 0. The molecule has 0 aliphatic heterocycles. The van der Waals surface area contributed by atoms with Gasteiger partial charge in [0.15, 0.2) is 0 Å². The van der Waals surface area contributed by atoms with Crippen molar-refractivity contribution in [3.8, 4) is 0 Å². The number of carboxylic acid groups (broad SMARTS) is 1. The average molecular weight is 320 g/mol. The van der Waals surface area contributed by atoms with Crippen LogP contribution in [0.15, 0.2) is 29.4 Å². The number of amides is 1. The van der Waals surface area contributed by atoms with Crippen molar-refractivity contribution in [2.75, 3.05) is 5.32 Å². The second kappa shape index (κ2) is 8.31. The normalized spacial score (nSPS) is 12.0. The van der Waals surface area contributed by atoms with Crippen molar-refractivity contribution >= 4 is 23.3 Å². The van der Waals surface area contributed by atoms with Crippen molar-refractivity contribution in [2.45, 2.75) is 46.5 Å². The summed E-state index contributed by atoms with van der Waals surface area (Å²) in [5, 5.41) is 23.7. The van der Waals surface area contributed by atoms with E-state index in [0.717, 1.165) is 12.8 Å². The fourth-order valence-electron chi connectivity index (χ4n) is 2.26. The molecule has 1 rings (SSSR count). The zero-order chi connectivity index (χ0) is 17.5. The van der Waals surface area contributed by atoms with Crippen LogP contribution in [-0.2, 0) is 9.59 Å². The minimum atomic E-state index is -0.951. The second-order valence-corrected chi connectivity index (χ2v) is 6.11. The van der Waals surface area contributed by atoms with Crippen molar-refractivity contribution < 1.29 is 19.9 Å². The number of hydrogen-bond donors (Lipinski definition) is 3. The van der Waals surface area contributed by atoms with Gasteiger partial charge in [0.25, 0.3) is 0 Å². The molecule has 0 aliphatic carbocycles. The van der Waals surface area contributed by atoms with Crippen molar-refractivity contribution in [3.63, 3.8) is 0 Å². The molecular formula is C17H24N2O4. The van der Waals surface area contributed by atoms with Crippen molar-refractivity contribution in [1.29, 1.82) is 0 Å². The van der Waals surface area contributed by atoms with E-state index < -0.39 is 11.4 Å². The van der Waals surface area contributed by atoms with Crippen LogP contribution in [0.2, 0.25) is 0 Å². The molecule has 0 atom stereocenters. The summed E-state index contributed by atoms with van der Waals surface area (Å²) in [7, 11) is 0. The lowest BCUT2D eigenvalue weighted by molar-refractivity contribution is -0.136. The van der Waals surface area contributed by atoms with Gasteiger partial charge in [-0.05, 0) is 24.1 Å². The van der Waals surface area contributed by atoms with E-state index in [-0.39, 0.29) is 18.7 Å². The third-order valence-corrected chi connectivity index (χ3v) is 3.66. The molecule has 3 N–H and O–H groups in total. The van der Waals surface area contributed by atoms with Gasteiger partial charge in [0.1, 0.15) is 0 Å². The van der Waals surface area contributed by atoms with E-state index in [2.05, 4.69) is 10.5 Å². The summed E-state index contributed by atoms with van der Waals surface area (Å²) in [6.07, 6.45) is 1.76. The second-order valence-electron chi connectivity index (χ2n) is 6.11. The smallest absolute Gasteiger partial charge is 0.303 e. The van der Waals surface area contributed by atoms with Crippen LogP contribution in [0.3, 0.4) is 0 Å². The molecule has 0 saturated heterocycles. The van der Waals surface area contributed by atoms with Crippen molar-refractivity contribution in [1.82, 2.24) is 0 Å². The zero-order valence-corrected chi connectivity index (χ0v) is 13.8. The van der Waals surface area contributed by atoms with E-state index in [1.807, 2.05) is 20.8 Å². The van der Waals surface area contributed by atoms with Gasteiger partial charge in [-0.1, -0.05) is 44.5 Å². The minimum Gasteiger partial charge on any atom is -0.481 e. The van der Waals surface area contributed by atoms with Gasteiger partial charge < -0.3 is 15.6 Å². The number of carbonyl (C=O) groups is 2. The first-order chi connectivity index (χ1) is 10.8. The van der Waals surface area contributed by atoms with Crippen LogP contribution in [0.1, 0.15) is 52.0 Å². The number of oxime groups is 1. The van der Waals surface area contributed by atoms with Crippen LogP contribution in [0, 0.1) is 5.41 Å². The van der Waals surface area contributed by atoms with Gasteiger partial charge in [-0.2, -0.15) is 0 Å². The van der Waals surface area contributed by atoms with Crippen LogP contribution in [0.4, 0.5) is 5.69 Å². The number of benzene rings is 1. The Bertz CT molecular complexity index is 577. The van der Waals surface area contributed by atoms with E-state index >= 15 is 0 Å². The first kappa shape index (κ1) is 18.7. The molecule has 23 heavy (non-hydrogen) atoms. The van der Waals surface area contributed by atoms with Crippen molar-refractivity contribution in [2.24, 2.45) is 10.6 Å². The Morgan fingerprint density at radius 1 is 1.17 bits per heavy atom. The average Bonchev–Trinajstić information content (AvgIpc) is 2.49. The van der Waals surface area contributed by atoms with Gasteiger partial charge in [0.05, 0.1) is 12.1 Å². The largest absolute Gasteiger partial charge is 0.481 e. The van der Waals surface area contributed by atoms with E-state index in [1.165, 1.54) is 0 Å². The molecular weight excluding hydrogens is 296 g/mol. The highest BCUT2D eigenvalue weighted by Gasteiger charge is 2.26. The van der Waals surface area contributed by atoms with Gasteiger partial charge in [0.2, 0.25) is 5.91 Å². The molecule has 0 heterocycles. The molecule has 1 amide bonds. The van der Waals surface area contributed by atoms with E-state index in [0.29, 0.717) is 17.0 Å². The molecule has 6 nitrogen and oxygen atoms in total. The molecule has 0 saturated carbocycles. The van der Waals surface area contributed by atoms with Gasteiger partial charge in [-0.25, -0.2) is 0 Å². The number of nitrogens with one attached hydrogen (secondary N) is 1. The Labute approximate surface area is 136 Å². The highest BCUT2D eigenvalue weighted by Crippen LogP contribution is 2.24. The molecule has 0 aliphatic rings. The number of carbonyl (C=O) groups excluding carboxylic acids is 1. The topological polar surface area (TPSA) is 99.0 Å². The zero-order valence-electron chi connectivity index (χ0n) is 13.8. The molecule has 0 aromatic heterocycles. The fraction of sp³-hybridized carbons (Fsp3) is 0.471. The summed E-state index contributed by atoms with van der Waals surface area (Å²) < 4.78 is 0. The Morgan fingerprint density at radius 2 is 1.78 bits per heavy atom. The summed E-state index contributed by atoms with van der Waals surface area (Å²) in [5.41, 5.74) is 1.14. The molecule has 0 fully saturated rings. The van der Waals surface area contributed by atoms with Gasteiger partial charge in [-0.15, -0.1) is 0 Å². The maximum Gasteiger partial charge on any atom is 0.303 e. The Kier molecular flexibility index (Phi) is 6.75. The molecule has 1 aromatic rings. The summed E-state index contributed by atoms with van der Waals surface area (Å²) in [6.45, 7) is 5.85. The molecule has 0 spiro atoms. The first-order valence-electron chi connectivity index (χ1n) is 7.64. The highest BCUT2D eigenvalue weighted by molar-refractivity contribution is 6.02. The maximum atomic E-state index is 12.2. The summed E-state index contributed by atoms with van der Waals surface area (Å²) in [5.74, 6) is -0.998. The number of rotatable bonds is 8. The van der Waals surface area contributed by atoms with Crippen LogP contribution in [0.5, 0.6) is 0 Å². The van der Waals surface area contributed by atoms with Crippen LogP contribution in [0.25, 0.3) is 0 Å². The standard InChI is InChI=1S/C17H24N2O4/c1-4-11-17(2,3)16(22)18-13-7-5-12(6-8-13)14(19-23)9-10-15(20)21/h5-8,23H,4,9-11H2,1-3H3,(H,18,22)(H,20,21). The Morgan fingerprint density at radius 3 is 2.26 bits per heavy atom. The molecule has 126 valence electrons. The number of hydrogen-bond acceptors (Lipinski definition) is 4. The van der Waals surface area contributed by atoms with Crippen molar-refractivity contribution in [3.05, 3.63) is 29.8 Å². The van der Waals surface area contributed by atoms with Gasteiger partial charge in [-0.3, -0.25) is 9.59 Å². The molecule has 0 bridgehead atoms. The molecule has 1 aromatic carbocycles. The first-order valence-corrected chi connectivity index (χ1v) is 7.64. The summed E-state index contributed by atoms with van der Waals surface area (Å²) in [6, 6.07) is 6.81. The monoisotopic (exact) mass is 320 g/mol. The van der Waals surface area contributed by atoms with E-state index in [4.69, 9.17) is 10.3 Å². The quantitative estimate of drug-likeness (QED) is 0.388. The van der Waals surface area contributed by atoms with E-state index in [9.17, 15) is 9.59 Å². The summed E-state index contributed by atoms with van der Waals surface area (Å²) in [4.78, 5) is 22.8. The van der Waals surface area contributed by atoms with Gasteiger partial charge in [0, 0.05) is 17.5 Å². The predicted octanol–water partition coefficient (Wildman–Crippen LogP) is 3.49. The van der Waals surface area contributed by atoms with Crippen LogP contribution >= 0.6 is 0 Å². The SMILES string of the molecule is CCCC(C)(C)C(=O)Nc1ccc(C(CCC(=O)O)=NO)cc1. The molecule has 0 unspecified atom stereocenters. The maximum absolute atomic E-state index is 12.2. The lowest BCUT2D eigenvalue weighted by Crippen LogP contribution is -2.30. The molecule has 0 radical (unpaired) electrons. The molecule has 6 heteroatoms. The highest BCUT2D eigenvalue weighted by atomic mass is 16.4. The minimum absolute atomic E-state index is 0.0472. The fourth-order valence-corrected chi connectivity index (χ4v) is 2.26. The van der Waals surface area contributed by atoms with Crippen LogP contribution in [-0.4, -0.2) is 27.9 Å². The van der Waals surface area contributed by atoms with E-state index in [1.54, 1.807) is 24.3 Å².